The summed E-state index contributed by atoms with van der Waals surface area (Å²) in [6, 6.07) is 0. The maximum atomic E-state index is 12.0. The summed E-state index contributed by atoms with van der Waals surface area (Å²) in [6.45, 7) is 6.29. The van der Waals surface area contributed by atoms with Crippen molar-refractivity contribution in [2.75, 3.05) is 6.61 Å². The van der Waals surface area contributed by atoms with E-state index in [1.165, 1.54) is 19.3 Å². The van der Waals surface area contributed by atoms with Crippen LogP contribution in [0.2, 0.25) is 0 Å². The summed E-state index contributed by atoms with van der Waals surface area (Å²) in [4.78, 5) is 21.1. The van der Waals surface area contributed by atoms with Gasteiger partial charge in [-0.25, -0.2) is 14.8 Å². The van der Waals surface area contributed by atoms with E-state index in [0.29, 0.717) is 18.1 Å². The van der Waals surface area contributed by atoms with Crippen LogP contribution in [0, 0.1) is 0 Å². The Hall–Kier alpha value is -1.45. The van der Waals surface area contributed by atoms with Crippen molar-refractivity contribution in [2.45, 2.75) is 64.7 Å². The van der Waals surface area contributed by atoms with Crippen LogP contribution in [0.4, 0.5) is 0 Å². The van der Waals surface area contributed by atoms with Gasteiger partial charge in [0, 0.05) is 12.1 Å². The molecule has 0 aliphatic heterocycles. The summed E-state index contributed by atoms with van der Waals surface area (Å²) in [5.41, 5.74) is 1.33. The van der Waals surface area contributed by atoms with Crippen molar-refractivity contribution in [3.05, 3.63) is 23.3 Å². The molecule has 4 nitrogen and oxygen atoms in total. The first-order valence-corrected chi connectivity index (χ1v) is 7.67. The lowest BCUT2D eigenvalue weighted by molar-refractivity contribution is 0.0523. The Labute approximate surface area is 121 Å². The number of hydrogen-bond donors (Lipinski definition) is 0. The van der Waals surface area contributed by atoms with Crippen molar-refractivity contribution >= 4 is 5.97 Å². The van der Waals surface area contributed by atoms with Crippen LogP contribution in [-0.4, -0.2) is 22.5 Å². The number of aromatic nitrogens is 2. The third-order valence-corrected chi connectivity index (χ3v) is 3.85. The molecule has 110 valence electrons. The molecule has 0 spiro atoms. The number of esters is 1. The van der Waals surface area contributed by atoms with Gasteiger partial charge in [0.25, 0.3) is 0 Å². The van der Waals surface area contributed by atoms with Crippen molar-refractivity contribution in [1.29, 1.82) is 0 Å². The topological polar surface area (TPSA) is 52.1 Å². The highest BCUT2D eigenvalue weighted by molar-refractivity contribution is 5.90. The van der Waals surface area contributed by atoms with E-state index < -0.39 is 0 Å². The number of nitrogens with zero attached hydrogens (tertiary/aromatic N) is 2. The van der Waals surface area contributed by atoms with E-state index in [9.17, 15) is 4.79 Å². The molecular weight excluding hydrogens is 252 g/mol. The van der Waals surface area contributed by atoms with Gasteiger partial charge in [-0.2, -0.15) is 0 Å². The van der Waals surface area contributed by atoms with Crippen LogP contribution in [0.25, 0.3) is 0 Å². The number of ether oxygens (including phenoxy) is 1. The molecule has 1 aliphatic carbocycles. The molecule has 0 amide bonds. The Morgan fingerprint density at radius 2 is 2.05 bits per heavy atom. The molecule has 0 aromatic carbocycles. The highest BCUT2D eigenvalue weighted by Gasteiger charge is 2.22. The predicted octanol–water partition coefficient (Wildman–Crippen LogP) is 3.82. The van der Waals surface area contributed by atoms with E-state index in [2.05, 4.69) is 23.8 Å². The first kappa shape index (κ1) is 14.9. The second-order valence-corrected chi connectivity index (χ2v) is 5.74. The Kier molecular flexibility index (Phi) is 5.10. The molecule has 0 radical (unpaired) electrons. The van der Waals surface area contributed by atoms with Crippen LogP contribution in [0.15, 0.2) is 6.20 Å². The largest absolute Gasteiger partial charge is 0.462 e. The standard InChI is InChI=1S/C16H24N2O2/c1-4-20-16(19)13-10-17-15(18-14(13)11(2)3)12-8-6-5-7-9-12/h10-12H,4-9H2,1-3H3. The molecule has 0 unspecified atom stereocenters. The van der Waals surface area contributed by atoms with Crippen LogP contribution in [0.1, 0.15) is 86.6 Å². The first-order valence-electron chi connectivity index (χ1n) is 7.67. The van der Waals surface area contributed by atoms with Crippen molar-refractivity contribution in [2.24, 2.45) is 0 Å². The first-order chi connectivity index (χ1) is 9.63. The molecule has 1 aromatic heterocycles. The third kappa shape index (κ3) is 3.35. The Bertz CT molecular complexity index is 466. The normalized spacial score (nSPS) is 16.4. The lowest BCUT2D eigenvalue weighted by Gasteiger charge is -2.21. The number of hydrogen-bond acceptors (Lipinski definition) is 4. The molecule has 0 bridgehead atoms. The highest BCUT2D eigenvalue weighted by Crippen LogP contribution is 2.31. The summed E-state index contributed by atoms with van der Waals surface area (Å²) in [6.07, 6.45) is 7.81. The molecule has 1 fully saturated rings. The van der Waals surface area contributed by atoms with Crippen LogP contribution >= 0.6 is 0 Å². The van der Waals surface area contributed by atoms with Gasteiger partial charge >= 0.3 is 5.97 Å². The number of carbonyl (C=O) groups excluding carboxylic acids is 1. The minimum Gasteiger partial charge on any atom is -0.462 e. The molecule has 0 saturated heterocycles. The molecule has 0 N–H and O–H groups in total. The minimum absolute atomic E-state index is 0.194. The zero-order valence-electron chi connectivity index (χ0n) is 12.7. The van der Waals surface area contributed by atoms with Crippen LogP contribution < -0.4 is 0 Å². The monoisotopic (exact) mass is 276 g/mol. The lowest BCUT2D eigenvalue weighted by Crippen LogP contribution is -2.16. The zero-order chi connectivity index (χ0) is 14.5. The molecule has 4 heteroatoms. The van der Waals surface area contributed by atoms with Crippen LogP contribution in [-0.2, 0) is 4.74 Å². The molecule has 0 atom stereocenters. The second-order valence-electron chi connectivity index (χ2n) is 5.74. The second kappa shape index (κ2) is 6.82. The fraction of sp³-hybridized carbons (Fsp3) is 0.688. The average molecular weight is 276 g/mol. The summed E-state index contributed by atoms with van der Waals surface area (Å²) in [7, 11) is 0. The van der Waals surface area contributed by atoms with E-state index in [4.69, 9.17) is 4.74 Å². The zero-order valence-corrected chi connectivity index (χ0v) is 12.7. The van der Waals surface area contributed by atoms with Gasteiger partial charge in [0.05, 0.1) is 17.9 Å². The van der Waals surface area contributed by atoms with Gasteiger partial charge < -0.3 is 4.74 Å². The smallest absolute Gasteiger partial charge is 0.341 e. The number of carbonyl (C=O) groups is 1. The quantitative estimate of drug-likeness (QED) is 0.784. The summed E-state index contributed by atoms with van der Waals surface area (Å²) in [5.74, 6) is 1.24. The van der Waals surface area contributed by atoms with Gasteiger partial charge in [-0.3, -0.25) is 0 Å². The molecule has 2 rings (SSSR count). The summed E-state index contributed by atoms with van der Waals surface area (Å²) in [5, 5.41) is 0. The van der Waals surface area contributed by atoms with Crippen molar-refractivity contribution in [3.63, 3.8) is 0 Å². The van der Waals surface area contributed by atoms with Crippen molar-refractivity contribution in [3.8, 4) is 0 Å². The SMILES string of the molecule is CCOC(=O)c1cnc(C2CCCCC2)nc1C(C)C. The molecule has 1 aliphatic rings. The van der Waals surface area contributed by atoms with E-state index in [1.54, 1.807) is 6.20 Å². The third-order valence-electron chi connectivity index (χ3n) is 3.85. The van der Waals surface area contributed by atoms with Gasteiger partial charge in [0.1, 0.15) is 5.82 Å². The van der Waals surface area contributed by atoms with E-state index >= 15 is 0 Å². The van der Waals surface area contributed by atoms with Crippen molar-refractivity contribution in [1.82, 2.24) is 9.97 Å². The van der Waals surface area contributed by atoms with Crippen molar-refractivity contribution < 1.29 is 9.53 Å². The van der Waals surface area contributed by atoms with Gasteiger partial charge in [-0.1, -0.05) is 33.1 Å². The minimum atomic E-state index is -0.314. The van der Waals surface area contributed by atoms with E-state index in [0.717, 1.165) is 24.4 Å². The highest BCUT2D eigenvalue weighted by atomic mass is 16.5. The van der Waals surface area contributed by atoms with Crippen LogP contribution in [0.5, 0.6) is 0 Å². The fourth-order valence-corrected chi connectivity index (χ4v) is 2.77. The Balaban J connectivity index is 2.29. The molecule has 1 heterocycles. The van der Waals surface area contributed by atoms with E-state index in [1.807, 2.05) is 6.92 Å². The van der Waals surface area contributed by atoms with Gasteiger partial charge in [-0.15, -0.1) is 0 Å². The molecule has 1 aromatic rings. The predicted molar refractivity (Wildman–Crippen MR) is 77.9 cm³/mol. The molecular formula is C16H24N2O2. The Morgan fingerprint density at radius 1 is 1.35 bits per heavy atom. The summed E-state index contributed by atoms with van der Waals surface area (Å²) < 4.78 is 5.09. The molecule has 1 saturated carbocycles. The maximum Gasteiger partial charge on any atom is 0.341 e. The average Bonchev–Trinajstić information content (AvgIpc) is 2.47. The van der Waals surface area contributed by atoms with Crippen LogP contribution in [0.3, 0.4) is 0 Å². The number of rotatable bonds is 4. The van der Waals surface area contributed by atoms with Gasteiger partial charge in [0.2, 0.25) is 0 Å². The maximum absolute atomic E-state index is 12.0. The van der Waals surface area contributed by atoms with Gasteiger partial charge in [0.15, 0.2) is 0 Å². The fourth-order valence-electron chi connectivity index (χ4n) is 2.77. The molecule has 20 heavy (non-hydrogen) atoms. The summed E-state index contributed by atoms with van der Waals surface area (Å²) >= 11 is 0. The van der Waals surface area contributed by atoms with E-state index in [-0.39, 0.29) is 11.9 Å². The Morgan fingerprint density at radius 3 is 2.65 bits per heavy atom. The lowest BCUT2D eigenvalue weighted by atomic mass is 9.88. The van der Waals surface area contributed by atoms with Gasteiger partial charge in [-0.05, 0) is 25.7 Å².